The molecule has 0 spiro atoms. The van der Waals surface area contributed by atoms with Gasteiger partial charge in [-0.05, 0) is 19.3 Å². The number of hydrogen-bond donors (Lipinski definition) is 1. The van der Waals surface area contributed by atoms with E-state index in [1.54, 1.807) is 4.90 Å². The fraction of sp³-hybridized carbons (Fsp3) is 0.812. The molecule has 3 aliphatic rings. The highest BCUT2D eigenvalue weighted by Gasteiger charge is 2.50. The summed E-state index contributed by atoms with van der Waals surface area (Å²) in [4.78, 5) is 39.2. The molecule has 0 bridgehead atoms. The average molecular weight is 308 g/mol. The predicted octanol–water partition coefficient (Wildman–Crippen LogP) is 0.958. The van der Waals surface area contributed by atoms with E-state index < -0.39 is 11.9 Å². The predicted molar refractivity (Wildman–Crippen MR) is 79.0 cm³/mol. The monoisotopic (exact) mass is 308 g/mol. The van der Waals surface area contributed by atoms with Crippen molar-refractivity contribution in [3.63, 3.8) is 0 Å². The molecule has 22 heavy (non-hydrogen) atoms. The second-order valence-electron chi connectivity index (χ2n) is 6.77. The molecule has 3 fully saturated rings. The van der Waals surface area contributed by atoms with Crippen LogP contribution >= 0.6 is 0 Å². The number of carbonyl (C=O) groups is 3. The van der Waals surface area contributed by atoms with Gasteiger partial charge in [-0.15, -0.1) is 0 Å². The summed E-state index contributed by atoms with van der Waals surface area (Å²) in [6, 6.07) is 0. The number of carboxylic acid groups (broad SMARTS) is 1. The Morgan fingerprint density at radius 1 is 0.773 bits per heavy atom. The second kappa shape index (κ2) is 6.26. The van der Waals surface area contributed by atoms with Gasteiger partial charge in [-0.2, -0.15) is 0 Å². The zero-order valence-corrected chi connectivity index (χ0v) is 12.9. The van der Waals surface area contributed by atoms with Gasteiger partial charge >= 0.3 is 5.97 Å². The van der Waals surface area contributed by atoms with Gasteiger partial charge in [0.2, 0.25) is 11.8 Å². The van der Waals surface area contributed by atoms with Crippen LogP contribution in [0.25, 0.3) is 0 Å². The largest absolute Gasteiger partial charge is 0.481 e. The number of hydrogen-bond acceptors (Lipinski definition) is 3. The maximum atomic E-state index is 12.5. The zero-order valence-electron chi connectivity index (χ0n) is 12.9. The van der Waals surface area contributed by atoms with Crippen molar-refractivity contribution in [2.75, 3.05) is 26.2 Å². The van der Waals surface area contributed by atoms with Crippen LogP contribution in [0.2, 0.25) is 0 Å². The standard InChI is InChI=1S/C16H24N2O4/c19-14(11-4-2-1-3-5-11)17-6-8-18(9-7-17)15(20)12-10-13(12)16(21)22/h11-13H,1-10H2,(H,21,22). The maximum Gasteiger partial charge on any atom is 0.307 e. The van der Waals surface area contributed by atoms with Crippen LogP contribution in [0, 0.1) is 17.8 Å². The van der Waals surface area contributed by atoms with Crippen molar-refractivity contribution in [1.29, 1.82) is 0 Å². The molecule has 0 aromatic rings. The van der Waals surface area contributed by atoms with Crippen LogP contribution in [0.1, 0.15) is 38.5 Å². The highest BCUT2D eigenvalue weighted by atomic mass is 16.4. The number of carboxylic acids is 1. The number of aliphatic carboxylic acids is 1. The molecular weight excluding hydrogens is 284 g/mol. The van der Waals surface area contributed by atoms with Crippen LogP contribution < -0.4 is 0 Å². The Hall–Kier alpha value is -1.59. The molecule has 2 atom stereocenters. The van der Waals surface area contributed by atoms with E-state index in [1.807, 2.05) is 4.90 Å². The summed E-state index contributed by atoms with van der Waals surface area (Å²) in [5, 5.41) is 8.91. The van der Waals surface area contributed by atoms with Crippen molar-refractivity contribution in [2.45, 2.75) is 38.5 Å². The molecule has 3 rings (SSSR count). The molecule has 2 unspecified atom stereocenters. The normalized spacial score (nSPS) is 29.3. The van der Waals surface area contributed by atoms with Crippen molar-refractivity contribution < 1.29 is 19.5 Å². The summed E-state index contributed by atoms with van der Waals surface area (Å²) in [5.41, 5.74) is 0. The van der Waals surface area contributed by atoms with Crippen LogP contribution in [0.3, 0.4) is 0 Å². The molecule has 2 amide bonds. The lowest BCUT2D eigenvalue weighted by molar-refractivity contribution is -0.145. The van der Waals surface area contributed by atoms with E-state index in [-0.39, 0.29) is 23.7 Å². The maximum absolute atomic E-state index is 12.5. The molecule has 0 aromatic heterocycles. The molecule has 0 aromatic carbocycles. The number of carbonyl (C=O) groups excluding carboxylic acids is 2. The van der Waals surface area contributed by atoms with Crippen molar-refractivity contribution in [2.24, 2.45) is 17.8 Å². The molecule has 1 saturated heterocycles. The Kier molecular flexibility index (Phi) is 4.36. The SMILES string of the molecule is O=C(O)C1CC1C(=O)N1CCN(C(=O)C2CCCCC2)CC1. The first kappa shape index (κ1) is 15.3. The van der Waals surface area contributed by atoms with Gasteiger partial charge in [-0.25, -0.2) is 0 Å². The van der Waals surface area contributed by atoms with Crippen molar-refractivity contribution >= 4 is 17.8 Å². The summed E-state index contributed by atoms with van der Waals surface area (Å²) < 4.78 is 0. The molecular formula is C16H24N2O4. The molecule has 1 heterocycles. The third-order valence-electron chi connectivity index (χ3n) is 5.28. The Bertz CT molecular complexity index is 465. The third kappa shape index (κ3) is 3.10. The molecule has 6 heteroatoms. The highest BCUT2D eigenvalue weighted by molar-refractivity contribution is 5.89. The lowest BCUT2D eigenvalue weighted by atomic mass is 9.88. The van der Waals surface area contributed by atoms with E-state index in [4.69, 9.17) is 5.11 Å². The molecule has 1 aliphatic heterocycles. The summed E-state index contributed by atoms with van der Waals surface area (Å²) in [6.45, 7) is 2.26. The molecule has 1 N–H and O–H groups in total. The lowest BCUT2D eigenvalue weighted by Crippen LogP contribution is -2.52. The van der Waals surface area contributed by atoms with Crippen molar-refractivity contribution in [3.8, 4) is 0 Å². The second-order valence-corrected chi connectivity index (χ2v) is 6.77. The van der Waals surface area contributed by atoms with E-state index in [9.17, 15) is 14.4 Å². The first-order valence-electron chi connectivity index (χ1n) is 8.38. The fourth-order valence-electron chi connectivity index (χ4n) is 3.73. The van der Waals surface area contributed by atoms with Crippen LogP contribution in [0.5, 0.6) is 0 Å². The van der Waals surface area contributed by atoms with Crippen LogP contribution in [-0.2, 0) is 14.4 Å². The molecule has 2 saturated carbocycles. The van der Waals surface area contributed by atoms with Gasteiger partial charge in [0.15, 0.2) is 0 Å². The van der Waals surface area contributed by atoms with E-state index in [1.165, 1.54) is 6.42 Å². The fourth-order valence-corrected chi connectivity index (χ4v) is 3.73. The molecule has 6 nitrogen and oxygen atoms in total. The van der Waals surface area contributed by atoms with Gasteiger partial charge in [0, 0.05) is 32.1 Å². The molecule has 2 aliphatic carbocycles. The van der Waals surface area contributed by atoms with Gasteiger partial charge in [-0.3, -0.25) is 14.4 Å². The minimum atomic E-state index is -0.871. The minimum absolute atomic E-state index is 0.0443. The Labute approximate surface area is 130 Å². The minimum Gasteiger partial charge on any atom is -0.481 e. The number of piperazine rings is 1. The summed E-state index contributed by atoms with van der Waals surface area (Å²) in [7, 11) is 0. The summed E-state index contributed by atoms with van der Waals surface area (Å²) >= 11 is 0. The van der Waals surface area contributed by atoms with Crippen LogP contribution in [-0.4, -0.2) is 58.9 Å². The smallest absolute Gasteiger partial charge is 0.307 e. The lowest BCUT2D eigenvalue weighted by Gasteiger charge is -2.37. The van der Waals surface area contributed by atoms with Crippen LogP contribution in [0.4, 0.5) is 0 Å². The number of nitrogens with zero attached hydrogens (tertiary/aromatic N) is 2. The van der Waals surface area contributed by atoms with E-state index >= 15 is 0 Å². The van der Waals surface area contributed by atoms with Crippen molar-refractivity contribution in [3.05, 3.63) is 0 Å². The van der Waals surface area contributed by atoms with Gasteiger partial charge < -0.3 is 14.9 Å². The summed E-state index contributed by atoms with van der Waals surface area (Å²) in [6.07, 6.45) is 5.99. The Balaban J connectivity index is 1.47. The van der Waals surface area contributed by atoms with Gasteiger partial charge in [-0.1, -0.05) is 19.3 Å². The van der Waals surface area contributed by atoms with Gasteiger partial charge in [0.1, 0.15) is 0 Å². The van der Waals surface area contributed by atoms with E-state index in [0.29, 0.717) is 32.6 Å². The third-order valence-corrected chi connectivity index (χ3v) is 5.28. The van der Waals surface area contributed by atoms with Gasteiger partial charge in [0.05, 0.1) is 11.8 Å². The van der Waals surface area contributed by atoms with Gasteiger partial charge in [0.25, 0.3) is 0 Å². The summed E-state index contributed by atoms with van der Waals surface area (Å²) in [5.74, 6) is -1.31. The highest BCUT2D eigenvalue weighted by Crippen LogP contribution is 2.40. The van der Waals surface area contributed by atoms with Crippen LogP contribution in [0.15, 0.2) is 0 Å². The molecule has 0 radical (unpaired) electrons. The topological polar surface area (TPSA) is 77.9 Å². The quantitative estimate of drug-likeness (QED) is 0.842. The number of rotatable bonds is 3. The molecule has 122 valence electrons. The van der Waals surface area contributed by atoms with E-state index in [2.05, 4.69) is 0 Å². The number of amides is 2. The average Bonchev–Trinajstić information content (AvgIpc) is 3.35. The van der Waals surface area contributed by atoms with E-state index in [0.717, 1.165) is 25.7 Å². The van der Waals surface area contributed by atoms with Crippen molar-refractivity contribution in [1.82, 2.24) is 9.80 Å². The first-order valence-corrected chi connectivity index (χ1v) is 8.38. The zero-order chi connectivity index (χ0) is 15.7. The Morgan fingerprint density at radius 3 is 1.82 bits per heavy atom. The Morgan fingerprint density at radius 2 is 1.32 bits per heavy atom. The first-order chi connectivity index (χ1) is 10.6.